The zero-order valence-electron chi connectivity index (χ0n) is 18.7. The number of nitrogens with one attached hydrogen (secondary N) is 1. The number of methoxy groups -OCH3 is 1. The third-order valence-electron chi connectivity index (χ3n) is 5.27. The van der Waals surface area contributed by atoms with E-state index in [1.54, 1.807) is 29.5 Å². The number of hydrogen-bond donors (Lipinski definition) is 1. The topological polar surface area (TPSA) is 67.9 Å². The lowest BCUT2D eigenvalue weighted by Gasteiger charge is -2.30. The Bertz CT molecular complexity index is 988. The molecule has 3 rings (SSSR count). The molecule has 0 saturated heterocycles. The Morgan fingerprint density at radius 1 is 1.34 bits per heavy atom. The SMILES string of the molecule is CCCC(NC(=O)/C=C/c1cc(Cl)c(OC)c(OCC)c1)C(=O)N1CCc2sccc2C1. The van der Waals surface area contributed by atoms with E-state index in [1.807, 2.05) is 18.7 Å². The quantitative estimate of drug-likeness (QED) is 0.533. The van der Waals surface area contributed by atoms with Crippen molar-refractivity contribution in [3.63, 3.8) is 0 Å². The van der Waals surface area contributed by atoms with Crippen LogP contribution in [0.15, 0.2) is 29.7 Å². The van der Waals surface area contributed by atoms with E-state index in [9.17, 15) is 9.59 Å². The molecule has 8 heteroatoms. The van der Waals surface area contributed by atoms with E-state index in [2.05, 4.69) is 16.8 Å². The van der Waals surface area contributed by atoms with Gasteiger partial charge in [0.05, 0.1) is 18.7 Å². The fraction of sp³-hybridized carbons (Fsp3) is 0.417. The van der Waals surface area contributed by atoms with Crippen molar-refractivity contribution in [3.8, 4) is 11.5 Å². The Hall–Kier alpha value is -2.51. The van der Waals surface area contributed by atoms with Crippen molar-refractivity contribution in [3.05, 3.63) is 50.7 Å². The second kappa shape index (κ2) is 11.4. The number of carbonyl (C=O) groups is 2. The summed E-state index contributed by atoms with van der Waals surface area (Å²) in [6.45, 7) is 5.63. The molecule has 172 valence electrons. The summed E-state index contributed by atoms with van der Waals surface area (Å²) < 4.78 is 10.9. The van der Waals surface area contributed by atoms with Gasteiger partial charge in [0.2, 0.25) is 11.8 Å². The summed E-state index contributed by atoms with van der Waals surface area (Å²) in [6.07, 6.45) is 5.32. The number of rotatable bonds is 9. The summed E-state index contributed by atoms with van der Waals surface area (Å²) in [6, 6.07) is 4.99. The maximum absolute atomic E-state index is 13.1. The molecule has 1 aliphatic rings. The highest BCUT2D eigenvalue weighted by atomic mass is 35.5. The lowest BCUT2D eigenvalue weighted by atomic mass is 10.1. The normalized spacial score (nSPS) is 14.2. The molecule has 1 aromatic carbocycles. The summed E-state index contributed by atoms with van der Waals surface area (Å²) in [4.78, 5) is 28.9. The van der Waals surface area contributed by atoms with Gasteiger partial charge in [0.25, 0.3) is 0 Å². The smallest absolute Gasteiger partial charge is 0.245 e. The van der Waals surface area contributed by atoms with Crippen LogP contribution in [0, 0.1) is 0 Å². The van der Waals surface area contributed by atoms with Gasteiger partial charge < -0.3 is 19.7 Å². The molecule has 0 bridgehead atoms. The van der Waals surface area contributed by atoms with Gasteiger partial charge in [0.1, 0.15) is 6.04 Å². The highest BCUT2D eigenvalue weighted by Gasteiger charge is 2.28. The second-order valence-electron chi connectivity index (χ2n) is 7.53. The van der Waals surface area contributed by atoms with E-state index < -0.39 is 6.04 Å². The van der Waals surface area contributed by atoms with Gasteiger partial charge >= 0.3 is 0 Å². The molecule has 2 heterocycles. The first-order valence-electron chi connectivity index (χ1n) is 10.8. The molecule has 1 aliphatic heterocycles. The molecule has 1 unspecified atom stereocenters. The zero-order chi connectivity index (χ0) is 23.1. The van der Waals surface area contributed by atoms with Crippen LogP contribution in [0.2, 0.25) is 5.02 Å². The van der Waals surface area contributed by atoms with Gasteiger partial charge in [-0.05, 0) is 60.5 Å². The van der Waals surface area contributed by atoms with Crippen LogP contribution in [0.25, 0.3) is 6.08 Å². The Balaban J connectivity index is 1.67. The van der Waals surface area contributed by atoms with Crippen molar-refractivity contribution in [1.82, 2.24) is 10.2 Å². The minimum Gasteiger partial charge on any atom is -0.491 e. The number of fused-ring (bicyclic) bond motifs is 1. The Morgan fingerprint density at radius 2 is 2.16 bits per heavy atom. The van der Waals surface area contributed by atoms with Crippen LogP contribution in [0.3, 0.4) is 0 Å². The summed E-state index contributed by atoms with van der Waals surface area (Å²) >= 11 is 8.01. The molecular weight excluding hydrogens is 448 g/mol. The first-order chi connectivity index (χ1) is 15.5. The molecule has 1 N–H and O–H groups in total. The monoisotopic (exact) mass is 476 g/mol. The minimum atomic E-state index is -0.546. The molecule has 1 atom stereocenters. The number of ether oxygens (including phenoxy) is 2. The molecule has 32 heavy (non-hydrogen) atoms. The molecule has 0 fully saturated rings. The van der Waals surface area contributed by atoms with Gasteiger partial charge in [-0.2, -0.15) is 0 Å². The Kier molecular flexibility index (Phi) is 8.59. The predicted molar refractivity (Wildman–Crippen MR) is 128 cm³/mol. The van der Waals surface area contributed by atoms with Gasteiger partial charge in [-0.25, -0.2) is 0 Å². The van der Waals surface area contributed by atoms with E-state index in [0.717, 1.165) is 12.8 Å². The van der Waals surface area contributed by atoms with E-state index in [-0.39, 0.29) is 11.8 Å². The second-order valence-corrected chi connectivity index (χ2v) is 8.94. The van der Waals surface area contributed by atoms with Gasteiger partial charge in [-0.1, -0.05) is 24.9 Å². The Labute approximate surface area is 198 Å². The van der Waals surface area contributed by atoms with Crippen LogP contribution < -0.4 is 14.8 Å². The molecule has 0 spiro atoms. The highest BCUT2D eigenvalue weighted by molar-refractivity contribution is 7.10. The summed E-state index contributed by atoms with van der Waals surface area (Å²) in [7, 11) is 1.53. The molecule has 0 radical (unpaired) electrons. The molecule has 2 amide bonds. The number of amides is 2. The van der Waals surface area contributed by atoms with Gasteiger partial charge in [-0.15, -0.1) is 11.3 Å². The summed E-state index contributed by atoms with van der Waals surface area (Å²) in [5.74, 6) is 0.616. The van der Waals surface area contributed by atoms with Gasteiger partial charge in [0, 0.05) is 24.0 Å². The lowest BCUT2D eigenvalue weighted by molar-refractivity contribution is -0.136. The maximum Gasteiger partial charge on any atom is 0.245 e. The first kappa shape index (κ1) is 24.1. The Morgan fingerprint density at radius 3 is 2.88 bits per heavy atom. The number of nitrogens with zero attached hydrogens (tertiary/aromatic N) is 1. The van der Waals surface area contributed by atoms with Gasteiger partial charge in [0.15, 0.2) is 11.5 Å². The van der Waals surface area contributed by atoms with Gasteiger partial charge in [-0.3, -0.25) is 9.59 Å². The third-order valence-corrected chi connectivity index (χ3v) is 6.58. The molecule has 2 aromatic rings. The molecule has 0 saturated carbocycles. The van der Waals surface area contributed by atoms with E-state index in [0.29, 0.717) is 48.2 Å². The average molecular weight is 477 g/mol. The molecular formula is C24H29ClN2O4S. The minimum absolute atomic E-state index is 0.0310. The van der Waals surface area contributed by atoms with Crippen molar-refractivity contribution in [2.75, 3.05) is 20.3 Å². The van der Waals surface area contributed by atoms with Crippen LogP contribution >= 0.6 is 22.9 Å². The van der Waals surface area contributed by atoms with Crippen molar-refractivity contribution < 1.29 is 19.1 Å². The molecule has 1 aromatic heterocycles. The number of halogens is 1. The number of thiophene rings is 1. The van der Waals surface area contributed by atoms with E-state index in [4.69, 9.17) is 21.1 Å². The lowest BCUT2D eigenvalue weighted by Crippen LogP contribution is -2.49. The van der Waals surface area contributed by atoms with Crippen LogP contribution in [0.4, 0.5) is 0 Å². The van der Waals surface area contributed by atoms with Crippen molar-refractivity contribution in [2.45, 2.75) is 45.7 Å². The fourth-order valence-electron chi connectivity index (χ4n) is 3.74. The zero-order valence-corrected chi connectivity index (χ0v) is 20.2. The van der Waals surface area contributed by atoms with Crippen molar-refractivity contribution in [1.29, 1.82) is 0 Å². The largest absolute Gasteiger partial charge is 0.491 e. The van der Waals surface area contributed by atoms with Crippen molar-refractivity contribution >= 4 is 40.8 Å². The first-order valence-corrected chi connectivity index (χ1v) is 12.1. The standard InChI is InChI=1S/C24H29ClN2O4S/c1-4-6-19(24(29)27-11-9-21-17(15-27)10-12-32-21)26-22(28)8-7-16-13-18(25)23(30-3)20(14-16)31-5-2/h7-8,10,12-14,19H,4-6,9,11,15H2,1-3H3,(H,26,28)/b8-7+. The highest BCUT2D eigenvalue weighted by Crippen LogP contribution is 2.36. The van der Waals surface area contributed by atoms with E-state index in [1.165, 1.54) is 23.6 Å². The fourth-order valence-corrected chi connectivity index (χ4v) is 4.93. The number of hydrogen-bond acceptors (Lipinski definition) is 5. The van der Waals surface area contributed by atoms with Crippen LogP contribution in [-0.4, -0.2) is 43.0 Å². The van der Waals surface area contributed by atoms with Crippen LogP contribution in [-0.2, 0) is 22.6 Å². The number of benzene rings is 1. The average Bonchev–Trinajstić information content (AvgIpc) is 3.25. The van der Waals surface area contributed by atoms with Crippen LogP contribution in [0.5, 0.6) is 11.5 Å². The van der Waals surface area contributed by atoms with Crippen LogP contribution in [0.1, 0.15) is 42.7 Å². The molecule has 0 aliphatic carbocycles. The maximum atomic E-state index is 13.1. The third kappa shape index (κ3) is 5.84. The summed E-state index contributed by atoms with van der Waals surface area (Å²) in [5, 5.41) is 5.34. The van der Waals surface area contributed by atoms with Crippen molar-refractivity contribution in [2.24, 2.45) is 0 Å². The number of carbonyl (C=O) groups excluding carboxylic acids is 2. The van der Waals surface area contributed by atoms with E-state index >= 15 is 0 Å². The predicted octanol–water partition coefficient (Wildman–Crippen LogP) is 4.69. The molecule has 6 nitrogen and oxygen atoms in total. The summed E-state index contributed by atoms with van der Waals surface area (Å²) in [5.41, 5.74) is 1.91.